The maximum Gasteiger partial charge on any atom is 0.129 e. The standard InChI is InChI=1S/C18H31NO2/c1-13-6-7-16(8-14(13)2)21-12-17-9-15(11-20-17)10-19-18(3,4)5/h9,11,13-14,16,19H,6-8,10,12H2,1-5H3. The zero-order chi connectivity index (χ0) is 15.5. The third-order valence-electron chi connectivity index (χ3n) is 4.54. The monoisotopic (exact) mass is 293 g/mol. The molecule has 1 aromatic heterocycles. The van der Waals surface area contributed by atoms with E-state index in [0.717, 1.165) is 24.1 Å². The minimum Gasteiger partial charge on any atom is -0.467 e. The van der Waals surface area contributed by atoms with Crippen molar-refractivity contribution in [3.8, 4) is 0 Å². The number of furan rings is 1. The zero-order valence-corrected chi connectivity index (χ0v) is 14.2. The second kappa shape index (κ2) is 6.97. The molecule has 1 heterocycles. The van der Waals surface area contributed by atoms with E-state index < -0.39 is 0 Å². The van der Waals surface area contributed by atoms with Crippen LogP contribution in [-0.2, 0) is 17.9 Å². The molecule has 1 aliphatic carbocycles. The Morgan fingerprint density at radius 1 is 1.24 bits per heavy atom. The van der Waals surface area contributed by atoms with Crippen LogP contribution in [-0.4, -0.2) is 11.6 Å². The van der Waals surface area contributed by atoms with Gasteiger partial charge in [0, 0.05) is 17.6 Å². The van der Waals surface area contributed by atoms with E-state index in [1.165, 1.54) is 24.8 Å². The zero-order valence-electron chi connectivity index (χ0n) is 14.2. The van der Waals surface area contributed by atoms with E-state index in [1.807, 2.05) is 6.26 Å². The Bertz CT molecular complexity index is 433. The second-order valence-corrected chi connectivity index (χ2v) is 7.73. The Morgan fingerprint density at radius 3 is 2.67 bits per heavy atom. The maximum absolute atomic E-state index is 6.03. The molecule has 120 valence electrons. The first-order chi connectivity index (χ1) is 9.83. The van der Waals surface area contributed by atoms with Crippen LogP contribution in [0.1, 0.15) is 65.2 Å². The molecule has 3 nitrogen and oxygen atoms in total. The molecule has 1 N–H and O–H groups in total. The fraction of sp³-hybridized carbons (Fsp3) is 0.778. The summed E-state index contributed by atoms with van der Waals surface area (Å²) < 4.78 is 11.6. The van der Waals surface area contributed by atoms with Gasteiger partial charge < -0.3 is 14.5 Å². The van der Waals surface area contributed by atoms with Crippen molar-refractivity contribution in [2.45, 2.75) is 78.7 Å². The Morgan fingerprint density at radius 2 is 2.00 bits per heavy atom. The average molecular weight is 293 g/mol. The summed E-state index contributed by atoms with van der Waals surface area (Å²) in [6, 6.07) is 2.10. The number of hydrogen-bond acceptors (Lipinski definition) is 3. The predicted octanol–water partition coefficient (Wildman–Crippen LogP) is 4.51. The molecule has 0 amide bonds. The molecule has 1 fully saturated rings. The lowest BCUT2D eigenvalue weighted by atomic mass is 9.80. The molecule has 1 aliphatic rings. The van der Waals surface area contributed by atoms with Gasteiger partial charge in [0.1, 0.15) is 12.4 Å². The normalized spacial score (nSPS) is 27.0. The van der Waals surface area contributed by atoms with Gasteiger partial charge in [-0.25, -0.2) is 0 Å². The molecule has 0 saturated heterocycles. The molecular formula is C18H31NO2. The first-order valence-corrected chi connectivity index (χ1v) is 8.26. The Kier molecular flexibility index (Phi) is 5.50. The highest BCUT2D eigenvalue weighted by atomic mass is 16.5. The largest absolute Gasteiger partial charge is 0.467 e. The summed E-state index contributed by atoms with van der Waals surface area (Å²) in [5.41, 5.74) is 1.32. The summed E-state index contributed by atoms with van der Waals surface area (Å²) in [6.07, 6.45) is 5.89. The molecule has 1 aromatic rings. The van der Waals surface area contributed by atoms with Gasteiger partial charge in [-0.2, -0.15) is 0 Å². The van der Waals surface area contributed by atoms with Crippen LogP contribution in [0.3, 0.4) is 0 Å². The number of nitrogens with one attached hydrogen (secondary N) is 1. The average Bonchev–Trinajstić information content (AvgIpc) is 2.85. The lowest BCUT2D eigenvalue weighted by Crippen LogP contribution is -2.34. The van der Waals surface area contributed by atoms with E-state index in [4.69, 9.17) is 9.15 Å². The molecule has 21 heavy (non-hydrogen) atoms. The van der Waals surface area contributed by atoms with Crippen molar-refractivity contribution in [2.75, 3.05) is 0 Å². The van der Waals surface area contributed by atoms with E-state index in [0.29, 0.717) is 12.7 Å². The molecule has 0 aromatic carbocycles. The highest BCUT2D eigenvalue weighted by Crippen LogP contribution is 2.31. The summed E-state index contributed by atoms with van der Waals surface area (Å²) in [4.78, 5) is 0. The molecule has 0 bridgehead atoms. The third-order valence-corrected chi connectivity index (χ3v) is 4.54. The summed E-state index contributed by atoms with van der Waals surface area (Å²) in [5.74, 6) is 2.54. The number of ether oxygens (including phenoxy) is 1. The van der Waals surface area contributed by atoms with E-state index in [2.05, 4.69) is 46.0 Å². The van der Waals surface area contributed by atoms with Gasteiger partial charge in [-0.15, -0.1) is 0 Å². The van der Waals surface area contributed by atoms with Crippen molar-refractivity contribution < 1.29 is 9.15 Å². The maximum atomic E-state index is 6.03. The Hall–Kier alpha value is -0.800. The van der Waals surface area contributed by atoms with Crippen LogP contribution in [0, 0.1) is 11.8 Å². The fourth-order valence-electron chi connectivity index (χ4n) is 2.81. The number of rotatable bonds is 5. The summed E-state index contributed by atoms with van der Waals surface area (Å²) in [6.45, 7) is 12.6. The molecule has 0 aliphatic heterocycles. The van der Waals surface area contributed by atoms with Gasteiger partial charge in [0.25, 0.3) is 0 Å². The molecule has 3 atom stereocenters. The quantitative estimate of drug-likeness (QED) is 0.867. The van der Waals surface area contributed by atoms with Gasteiger partial charge in [0.15, 0.2) is 0 Å². The topological polar surface area (TPSA) is 34.4 Å². The Balaban J connectivity index is 1.75. The highest BCUT2D eigenvalue weighted by molar-refractivity contribution is 5.12. The van der Waals surface area contributed by atoms with Gasteiger partial charge in [-0.3, -0.25) is 0 Å². The van der Waals surface area contributed by atoms with Gasteiger partial charge in [-0.05, 0) is 57.9 Å². The van der Waals surface area contributed by atoms with Crippen LogP contribution >= 0.6 is 0 Å². The van der Waals surface area contributed by atoms with Gasteiger partial charge >= 0.3 is 0 Å². The van der Waals surface area contributed by atoms with Crippen LogP contribution in [0.4, 0.5) is 0 Å². The van der Waals surface area contributed by atoms with Crippen LogP contribution in [0.15, 0.2) is 16.7 Å². The van der Waals surface area contributed by atoms with Crippen molar-refractivity contribution >= 4 is 0 Å². The van der Waals surface area contributed by atoms with Gasteiger partial charge in [-0.1, -0.05) is 13.8 Å². The van der Waals surface area contributed by atoms with Crippen molar-refractivity contribution in [1.29, 1.82) is 0 Å². The van der Waals surface area contributed by atoms with Crippen molar-refractivity contribution in [1.82, 2.24) is 5.32 Å². The molecule has 1 saturated carbocycles. The molecular weight excluding hydrogens is 262 g/mol. The minimum atomic E-state index is 0.128. The third kappa shape index (κ3) is 5.48. The van der Waals surface area contributed by atoms with E-state index in [-0.39, 0.29) is 5.54 Å². The fourth-order valence-corrected chi connectivity index (χ4v) is 2.81. The molecule has 3 unspecified atom stereocenters. The molecule has 2 rings (SSSR count). The first kappa shape index (κ1) is 16.6. The smallest absolute Gasteiger partial charge is 0.129 e. The minimum absolute atomic E-state index is 0.128. The summed E-state index contributed by atoms with van der Waals surface area (Å²) in [7, 11) is 0. The van der Waals surface area contributed by atoms with Gasteiger partial charge in [0.05, 0.1) is 12.4 Å². The summed E-state index contributed by atoms with van der Waals surface area (Å²) >= 11 is 0. The van der Waals surface area contributed by atoms with Crippen LogP contribution in [0.25, 0.3) is 0 Å². The van der Waals surface area contributed by atoms with Gasteiger partial charge in [0.2, 0.25) is 0 Å². The van der Waals surface area contributed by atoms with E-state index in [9.17, 15) is 0 Å². The second-order valence-electron chi connectivity index (χ2n) is 7.73. The molecule has 0 radical (unpaired) electrons. The van der Waals surface area contributed by atoms with Crippen LogP contribution < -0.4 is 5.32 Å². The summed E-state index contributed by atoms with van der Waals surface area (Å²) in [5, 5.41) is 3.47. The van der Waals surface area contributed by atoms with Crippen LogP contribution in [0.5, 0.6) is 0 Å². The van der Waals surface area contributed by atoms with E-state index in [1.54, 1.807) is 0 Å². The number of hydrogen-bond donors (Lipinski definition) is 1. The van der Waals surface area contributed by atoms with E-state index >= 15 is 0 Å². The van der Waals surface area contributed by atoms with Crippen molar-refractivity contribution in [2.24, 2.45) is 11.8 Å². The predicted molar refractivity (Wildman–Crippen MR) is 86.1 cm³/mol. The van der Waals surface area contributed by atoms with Crippen LogP contribution in [0.2, 0.25) is 0 Å². The lowest BCUT2D eigenvalue weighted by Gasteiger charge is -2.31. The lowest BCUT2D eigenvalue weighted by molar-refractivity contribution is -0.0139. The molecule has 3 heteroatoms. The van der Waals surface area contributed by atoms with Crippen molar-refractivity contribution in [3.63, 3.8) is 0 Å². The Labute approximate surface area is 129 Å². The first-order valence-electron chi connectivity index (χ1n) is 8.26. The molecule has 0 spiro atoms. The highest BCUT2D eigenvalue weighted by Gasteiger charge is 2.25. The van der Waals surface area contributed by atoms with Crippen molar-refractivity contribution in [3.05, 3.63) is 23.7 Å². The SMILES string of the molecule is CC1CCC(OCc2cc(CNC(C)(C)C)co2)CC1C.